The fourth-order valence-corrected chi connectivity index (χ4v) is 1.80. The van der Waals surface area contributed by atoms with E-state index in [4.69, 9.17) is 0 Å². The van der Waals surface area contributed by atoms with Crippen LogP contribution in [0.3, 0.4) is 0 Å². The van der Waals surface area contributed by atoms with Crippen molar-refractivity contribution in [2.24, 2.45) is 0 Å². The van der Waals surface area contributed by atoms with Gasteiger partial charge in [0, 0.05) is 25.2 Å². The fourth-order valence-electron chi connectivity index (χ4n) is 1.80. The van der Waals surface area contributed by atoms with Crippen molar-refractivity contribution in [3.8, 4) is 0 Å². The molecule has 2 amide bonds. The topological polar surface area (TPSA) is 58.2 Å². The van der Waals surface area contributed by atoms with Crippen LogP contribution in [0.5, 0.6) is 0 Å². The Balaban J connectivity index is 3.54. The van der Waals surface area contributed by atoms with Crippen molar-refractivity contribution < 1.29 is 9.59 Å². The average Bonchev–Trinajstić information content (AvgIpc) is 2.44. The second kappa shape index (κ2) is 14.1. The quantitative estimate of drug-likeness (QED) is 0.427. The highest BCUT2D eigenvalue weighted by atomic mass is 16.2. The summed E-state index contributed by atoms with van der Waals surface area (Å²) in [4.78, 5) is 22.8. The zero-order valence-corrected chi connectivity index (χ0v) is 13.0. The SMILES string of the molecule is CCCCCCNC(=O)/C=C\C(=O)NCCCCCC. The molecule has 0 radical (unpaired) electrons. The minimum atomic E-state index is -0.192. The molecule has 2 N–H and O–H groups in total. The molecule has 4 nitrogen and oxygen atoms in total. The number of unbranched alkanes of at least 4 members (excludes halogenated alkanes) is 6. The summed E-state index contributed by atoms with van der Waals surface area (Å²) in [5.41, 5.74) is 0. The van der Waals surface area contributed by atoms with Gasteiger partial charge in [-0.3, -0.25) is 9.59 Å². The van der Waals surface area contributed by atoms with Gasteiger partial charge in [0.25, 0.3) is 0 Å². The maximum absolute atomic E-state index is 11.4. The van der Waals surface area contributed by atoms with Crippen LogP contribution in [0.15, 0.2) is 12.2 Å². The molecule has 0 bridgehead atoms. The zero-order chi connectivity index (χ0) is 15.1. The van der Waals surface area contributed by atoms with Crippen LogP contribution in [0, 0.1) is 0 Å². The standard InChI is InChI=1S/C16H30N2O2/c1-3-5-7-9-13-17-15(19)11-12-16(20)18-14-10-8-6-4-2/h11-12H,3-10,13-14H2,1-2H3,(H,17,19)(H,18,20)/b12-11-. The Kier molecular flexibility index (Phi) is 13.2. The first-order valence-corrected chi connectivity index (χ1v) is 7.94. The number of carbonyl (C=O) groups excluding carboxylic acids is 2. The van der Waals surface area contributed by atoms with Crippen LogP contribution in [-0.2, 0) is 9.59 Å². The van der Waals surface area contributed by atoms with Gasteiger partial charge in [0.05, 0.1) is 0 Å². The number of nitrogens with one attached hydrogen (secondary N) is 2. The van der Waals surface area contributed by atoms with E-state index in [1.807, 2.05) is 0 Å². The van der Waals surface area contributed by atoms with E-state index in [9.17, 15) is 9.59 Å². The van der Waals surface area contributed by atoms with E-state index in [1.165, 1.54) is 37.8 Å². The Hall–Kier alpha value is -1.32. The van der Waals surface area contributed by atoms with Crippen molar-refractivity contribution in [1.29, 1.82) is 0 Å². The molecule has 0 atom stereocenters. The van der Waals surface area contributed by atoms with Crippen molar-refractivity contribution in [2.45, 2.75) is 65.2 Å². The number of rotatable bonds is 12. The monoisotopic (exact) mass is 282 g/mol. The maximum Gasteiger partial charge on any atom is 0.244 e. The molecule has 0 aliphatic heterocycles. The first-order valence-electron chi connectivity index (χ1n) is 7.94. The third-order valence-corrected chi connectivity index (χ3v) is 3.05. The highest BCUT2D eigenvalue weighted by Gasteiger charge is 1.98. The van der Waals surface area contributed by atoms with Crippen molar-refractivity contribution in [3.05, 3.63) is 12.2 Å². The highest BCUT2D eigenvalue weighted by molar-refractivity contribution is 5.96. The van der Waals surface area contributed by atoms with Crippen LogP contribution in [-0.4, -0.2) is 24.9 Å². The van der Waals surface area contributed by atoms with Gasteiger partial charge >= 0.3 is 0 Å². The summed E-state index contributed by atoms with van der Waals surface area (Å²) in [6.07, 6.45) is 11.7. The van der Waals surface area contributed by atoms with Gasteiger partial charge in [-0.25, -0.2) is 0 Å². The Morgan fingerprint density at radius 1 is 0.700 bits per heavy atom. The van der Waals surface area contributed by atoms with Crippen molar-refractivity contribution in [3.63, 3.8) is 0 Å². The van der Waals surface area contributed by atoms with Crippen molar-refractivity contribution >= 4 is 11.8 Å². The van der Waals surface area contributed by atoms with Gasteiger partial charge in [0.1, 0.15) is 0 Å². The largest absolute Gasteiger partial charge is 0.353 e. The normalized spacial score (nSPS) is 10.7. The van der Waals surface area contributed by atoms with Gasteiger partial charge in [-0.2, -0.15) is 0 Å². The molecule has 0 saturated heterocycles. The molecular weight excluding hydrogens is 252 g/mol. The number of amides is 2. The summed E-state index contributed by atoms with van der Waals surface area (Å²) in [6.45, 7) is 5.67. The first-order chi connectivity index (χ1) is 9.70. The third kappa shape index (κ3) is 13.1. The molecule has 0 heterocycles. The number of hydrogen-bond acceptors (Lipinski definition) is 2. The van der Waals surface area contributed by atoms with Crippen molar-refractivity contribution in [2.75, 3.05) is 13.1 Å². The molecule has 0 unspecified atom stereocenters. The Morgan fingerprint density at radius 3 is 1.45 bits per heavy atom. The van der Waals surface area contributed by atoms with E-state index in [0.717, 1.165) is 25.7 Å². The predicted octanol–water partition coefficient (Wildman–Crippen LogP) is 2.94. The zero-order valence-electron chi connectivity index (χ0n) is 13.0. The molecule has 0 saturated carbocycles. The van der Waals surface area contributed by atoms with E-state index in [-0.39, 0.29) is 11.8 Å². The summed E-state index contributed by atoms with van der Waals surface area (Å²) in [6, 6.07) is 0. The number of hydrogen-bond donors (Lipinski definition) is 2. The molecular formula is C16H30N2O2. The molecule has 20 heavy (non-hydrogen) atoms. The first kappa shape index (κ1) is 18.7. The summed E-state index contributed by atoms with van der Waals surface area (Å²) in [7, 11) is 0. The van der Waals surface area contributed by atoms with Crippen LogP contribution >= 0.6 is 0 Å². The van der Waals surface area contributed by atoms with E-state index < -0.39 is 0 Å². The highest BCUT2D eigenvalue weighted by Crippen LogP contribution is 1.97. The van der Waals surface area contributed by atoms with E-state index >= 15 is 0 Å². The van der Waals surface area contributed by atoms with E-state index in [0.29, 0.717) is 13.1 Å². The summed E-state index contributed by atoms with van der Waals surface area (Å²) >= 11 is 0. The van der Waals surface area contributed by atoms with Gasteiger partial charge in [0.2, 0.25) is 11.8 Å². The summed E-state index contributed by atoms with van der Waals surface area (Å²) < 4.78 is 0. The second-order valence-electron chi connectivity index (χ2n) is 5.04. The van der Waals surface area contributed by atoms with E-state index in [1.54, 1.807) is 0 Å². The van der Waals surface area contributed by atoms with Crippen LogP contribution in [0.2, 0.25) is 0 Å². The van der Waals surface area contributed by atoms with Crippen LogP contribution in [0.4, 0.5) is 0 Å². The molecule has 0 aliphatic carbocycles. The lowest BCUT2D eigenvalue weighted by molar-refractivity contribution is -0.118. The molecule has 0 aromatic rings. The van der Waals surface area contributed by atoms with Gasteiger partial charge in [-0.05, 0) is 12.8 Å². The molecule has 0 aliphatic rings. The molecule has 0 aromatic carbocycles. The summed E-state index contributed by atoms with van der Waals surface area (Å²) in [5, 5.41) is 5.55. The predicted molar refractivity (Wildman–Crippen MR) is 83.4 cm³/mol. The average molecular weight is 282 g/mol. The molecule has 0 aromatic heterocycles. The Bertz CT molecular complexity index is 260. The Morgan fingerprint density at radius 2 is 1.10 bits per heavy atom. The lowest BCUT2D eigenvalue weighted by Crippen LogP contribution is -2.25. The van der Waals surface area contributed by atoms with Gasteiger partial charge in [0.15, 0.2) is 0 Å². The number of carbonyl (C=O) groups is 2. The van der Waals surface area contributed by atoms with E-state index in [2.05, 4.69) is 24.5 Å². The summed E-state index contributed by atoms with van der Waals surface area (Å²) in [5.74, 6) is -0.384. The molecule has 4 heteroatoms. The molecule has 0 fully saturated rings. The van der Waals surface area contributed by atoms with Crippen LogP contribution < -0.4 is 10.6 Å². The van der Waals surface area contributed by atoms with Gasteiger partial charge in [-0.15, -0.1) is 0 Å². The van der Waals surface area contributed by atoms with Crippen LogP contribution in [0.25, 0.3) is 0 Å². The smallest absolute Gasteiger partial charge is 0.244 e. The second-order valence-corrected chi connectivity index (χ2v) is 5.04. The van der Waals surface area contributed by atoms with Gasteiger partial charge < -0.3 is 10.6 Å². The minimum Gasteiger partial charge on any atom is -0.353 e. The fraction of sp³-hybridized carbons (Fsp3) is 0.750. The lowest BCUT2D eigenvalue weighted by atomic mass is 10.2. The molecule has 0 rings (SSSR count). The maximum atomic E-state index is 11.4. The Labute approximate surface area is 123 Å². The lowest BCUT2D eigenvalue weighted by Gasteiger charge is -2.02. The van der Waals surface area contributed by atoms with Crippen molar-refractivity contribution in [1.82, 2.24) is 10.6 Å². The third-order valence-electron chi connectivity index (χ3n) is 3.05. The van der Waals surface area contributed by atoms with Gasteiger partial charge in [-0.1, -0.05) is 52.4 Å². The molecule has 116 valence electrons. The van der Waals surface area contributed by atoms with Crippen LogP contribution in [0.1, 0.15) is 65.2 Å². The minimum absolute atomic E-state index is 0.192. The molecule has 0 spiro atoms.